The minimum absolute atomic E-state index is 0.880. The Kier molecular flexibility index (Phi) is 4.37. The van der Waals surface area contributed by atoms with Crippen LogP contribution in [0.15, 0.2) is 24.3 Å². The maximum atomic E-state index is 5.48. The monoisotopic (exact) mass is 248 g/mol. The third-order valence-electron chi connectivity index (χ3n) is 3.28. The summed E-state index contributed by atoms with van der Waals surface area (Å²) in [5.41, 5.74) is 2.48. The molecule has 17 heavy (non-hydrogen) atoms. The third kappa shape index (κ3) is 3.19. The van der Waals surface area contributed by atoms with Gasteiger partial charge in [-0.25, -0.2) is 0 Å². The summed E-state index contributed by atoms with van der Waals surface area (Å²) in [6.45, 7) is 4.37. The van der Waals surface area contributed by atoms with Crippen LogP contribution in [0.2, 0.25) is 0 Å². The van der Waals surface area contributed by atoms with Gasteiger partial charge in [0.15, 0.2) is 5.11 Å². The highest BCUT2D eigenvalue weighted by Gasteiger charge is 2.13. The molecule has 0 aliphatic carbocycles. The summed E-state index contributed by atoms with van der Waals surface area (Å²) in [5, 5.41) is 4.27. The zero-order valence-electron chi connectivity index (χ0n) is 10.4. The number of nitrogens with zero attached hydrogens (tertiary/aromatic N) is 1. The van der Waals surface area contributed by atoms with E-state index in [1.54, 1.807) is 0 Å². The quantitative estimate of drug-likeness (QED) is 0.807. The maximum absolute atomic E-state index is 5.48. The Morgan fingerprint density at radius 3 is 2.65 bits per heavy atom. The van der Waals surface area contributed by atoms with Crippen molar-refractivity contribution in [2.24, 2.45) is 0 Å². The molecule has 0 unspecified atom stereocenters. The van der Waals surface area contributed by atoms with E-state index in [1.807, 2.05) is 0 Å². The first-order valence-corrected chi connectivity index (χ1v) is 6.86. The number of thiocarbonyl (C=S) groups is 1. The van der Waals surface area contributed by atoms with Gasteiger partial charge < -0.3 is 10.2 Å². The number of para-hydroxylation sites is 1. The molecule has 2 nitrogen and oxygen atoms in total. The van der Waals surface area contributed by atoms with E-state index in [2.05, 4.69) is 41.4 Å². The summed E-state index contributed by atoms with van der Waals surface area (Å²) in [5.74, 6) is 0. The molecule has 1 N–H and O–H groups in total. The summed E-state index contributed by atoms with van der Waals surface area (Å²) in [7, 11) is 0. The smallest absolute Gasteiger partial charge is 0.173 e. The van der Waals surface area contributed by atoms with Gasteiger partial charge in [-0.1, -0.05) is 25.1 Å². The van der Waals surface area contributed by atoms with Gasteiger partial charge in [-0.2, -0.15) is 0 Å². The zero-order chi connectivity index (χ0) is 12.1. The fraction of sp³-hybridized carbons (Fsp3) is 0.500. The van der Waals surface area contributed by atoms with Crippen LogP contribution in [0.3, 0.4) is 0 Å². The van der Waals surface area contributed by atoms with Gasteiger partial charge in [0.2, 0.25) is 0 Å². The second-order valence-corrected chi connectivity index (χ2v) is 4.88. The van der Waals surface area contributed by atoms with Crippen molar-refractivity contribution in [2.75, 3.05) is 18.4 Å². The van der Waals surface area contributed by atoms with Crippen molar-refractivity contribution in [3.8, 4) is 0 Å². The van der Waals surface area contributed by atoms with E-state index in [-0.39, 0.29) is 0 Å². The predicted octanol–water partition coefficient (Wildman–Crippen LogP) is 3.43. The van der Waals surface area contributed by atoms with E-state index in [9.17, 15) is 0 Å². The third-order valence-corrected chi connectivity index (χ3v) is 3.64. The van der Waals surface area contributed by atoms with Crippen molar-refractivity contribution < 1.29 is 0 Å². The van der Waals surface area contributed by atoms with Crippen LogP contribution in [0.5, 0.6) is 0 Å². The van der Waals surface area contributed by atoms with Gasteiger partial charge >= 0.3 is 0 Å². The molecule has 1 saturated heterocycles. The van der Waals surface area contributed by atoms with E-state index in [4.69, 9.17) is 12.2 Å². The lowest BCUT2D eigenvalue weighted by Gasteiger charge is -2.29. The molecule has 0 spiro atoms. The normalized spacial score (nSPS) is 15.7. The Balaban J connectivity index is 2.01. The summed E-state index contributed by atoms with van der Waals surface area (Å²) in [6.07, 6.45) is 4.89. The Morgan fingerprint density at radius 2 is 1.94 bits per heavy atom. The second-order valence-electron chi connectivity index (χ2n) is 4.49. The number of nitrogens with one attached hydrogen (secondary N) is 1. The molecule has 1 fully saturated rings. The lowest BCUT2D eigenvalue weighted by atomic mass is 10.1. The van der Waals surface area contributed by atoms with Gasteiger partial charge in [-0.05, 0) is 49.5 Å². The molecule has 0 atom stereocenters. The van der Waals surface area contributed by atoms with E-state index >= 15 is 0 Å². The molecule has 92 valence electrons. The van der Waals surface area contributed by atoms with E-state index in [0.29, 0.717) is 0 Å². The molecule has 0 bridgehead atoms. The maximum Gasteiger partial charge on any atom is 0.173 e. The van der Waals surface area contributed by atoms with Crippen LogP contribution in [-0.4, -0.2) is 23.1 Å². The van der Waals surface area contributed by atoms with Gasteiger partial charge in [-0.15, -0.1) is 0 Å². The number of hydrogen-bond acceptors (Lipinski definition) is 1. The molecule has 1 aromatic rings. The molecule has 3 heteroatoms. The summed E-state index contributed by atoms with van der Waals surface area (Å²) < 4.78 is 0. The van der Waals surface area contributed by atoms with Crippen LogP contribution in [0.4, 0.5) is 5.69 Å². The van der Waals surface area contributed by atoms with E-state index in [0.717, 1.165) is 30.3 Å². The number of aryl methyl sites for hydroxylation is 1. The van der Waals surface area contributed by atoms with Crippen LogP contribution in [0, 0.1) is 0 Å². The molecule has 1 aliphatic heterocycles. The molecule has 1 aliphatic rings. The fourth-order valence-electron chi connectivity index (χ4n) is 2.24. The van der Waals surface area contributed by atoms with E-state index < -0.39 is 0 Å². The number of anilines is 1. The van der Waals surface area contributed by atoms with Crippen molar-refractivity contribution in [1.82, 2.24) is 4.90 Å². The lowest BCUT2D eigenvalue weighted by molar-refractivity contribution is 0.346. The largest absolute Gasteiger partial charge is 0.349 e. The average Bonchev–Trinajstić information content (AvgIpc) is 2.40. The number of likely N-dealkylation sites (tertiary alicyclic amines) is 1. The molecular formula is C14H20N2S. The molecule has 1 heterocycles. The van der Waals surface area contributed by atoms with Gasteiger partial charge in [0.05, 0.1) is 0 Å². The van der Waals surface area contributed by atoms with Crippen LogP contribution >= 0.6 is 12.2 Å². The van der Waals surface area contributed by atoms with Crippen molar-refractivity contribution in [3.05, 3.63) is 29.8 Å². The Hall–Kier alpha value is -1.09. The topological polar surface area (TPSA) is 15.3 Å². The van der Waals surface area contributed by atoms with Crippen LogP contribution in [0.25, 0.3) is 0 Å². The van der Waals surface area contributed by atoms with Crippen LogP contribution in [0.1, 0.15) is 31.7 Å². The minimum atomic E-state index is 0.880. The lowest BCUT2D eigenvalue weighted by Crippen LogP contribution is -2.38. The predicted molar refractivity (Wildman–Crippen MR) is 77.5 cm³/mol. The molecule has 2 rings (SSSR count). The van der Waals surface area contributed by atoms with Gasteiger partial charge in [-0.3, -0.25) is 0 Å². The Labute approximate surface area is 109 Å². The fourth-order valence-corrected chi connectivity index (χ4v) is 2.53. The zero-order valence-corrected chi connectivity index (χ0v) is 11.2. The first-order chi connectivity index (χ1) is 8.31. The first kappa shape index (κ1) is 12.4. The number of benzene rings is 1. The summed E-state index contributed by atoms with van der Waals surface area (Å²) in [4.78, 5) is 2.28. The summed E-state index contributed by atoms with van der Waals surface area (Å²) in [6, 6.07) is 8.39. The molecule has 0 saturated carbocycles. The molecule has 0 amide bonds. The minimum Gasteiger partial charge on any atom is -0.349 e. The Bertz CT molecular complexity index is 384. The molecule has 1 aromatic carbocycles. The molecule has 0 radical (unpaired) electrons. The highest BCUT2D eigenvalue weighted by molar-refractivity contribution is 7.80. The van der Waals surface area contributed by atoms with E-state index in [1.165, 1.54) is 24.8 Å². The van der Waals surface area contributed by atoms with Crippen molar-refractivity contribution in [1.29, 1.82) is 0 Å². The van der Waals surface area contributed by atoms with Gasteiger partial charge in [0.1, 0.15) is 0 Å². The first-order valence-electron chi connectivity index (χ1n) is 6.45. The Morgan fingerprint density at radius 1 is 1.24 bits per heavy atom. The van der Waals surface area contributed by atoms with Crippen molar-refractivity contribution >= 4 is 23.0 Å². The van der Waals surface area contributed by atoms with Crippen molar-refractivity contribution in [3.63, 3.8) is 0 Å². The number of rotatable bonds is 2. The van der Waals surface area contributed by atoms with Gasteiger partial charge in [0.25, 0.3) is 0 Å². The average molecular weight is 248 g/mol. The summed E-state index contributed by atoms with van der Waals surface area (Å²) >= 11 is 5.48. The highest BCUT2D eigenvalue weighted by atomic mass is 32.1. The van der Waals surface area contributed by atoms with Crippen molar-refractivity contribution in [2.45, 2.75) is 32.6 Å². The molecular weight excluding hydrogens is 228 g/mol. The second kappa shape index (κ2) is 6.01. The van der Waals surface area contributed by atoms with Crippen LogP contribution in [-0.2, 0) is 6.42 Å². The number of piperidine rings is 1. The molecule has 0 aromatic heterocycles. The van der Waals surface area contributed by atoms with Crippen LogP contribution < -0.4 is 5.32 Å². The standard InChI is InChI=1S/C14H20N2S/c1-2-12-8-4-5-9-13(12)15-14(17)16-10-6-3-7-11-16/h4-5,8-9H,2-3,6-7,10-11H2,1H3,(H,15,17). The number of hydrogen-bond donors (Lipinski definition) is 1. The SMILES string of the molecule is CCc1ccccc1NC(=S)N1CCCCC1. The highest BCUT2D eigenvalue weighted by Crippen LogP contribution is 2.17. The van der Waals surface area contributed by atoms with Gasteiger partial charge in [0, 0.05) is 18.8 Å².